The first-order valence-corrected chi connectivity index (χ1v) is 6.68. The molecule has 1 saturated heterocycles. The van der Waals surface area contributed by atoms with Crippen molar-refractivity contribution in [3.05, 3.63) is 17.8 Å². The predicted molar refractivity (Wildman–Crippen MR) is 68.6 cm³/mol. The smallest absolute Gasteiger partial charge is 0.288 e. The largest absolute Gasteiger partial charge is 0.435 e. The van der Waals surface area contributed by atoms with Crippen molar-refractivity contribution in [3.63, 3.8) is 0 Å². The molecule has 0 spiro atoms. The number of piperidine rings is 1. The Morgan fingerprint density at radius 3 is 3.00 bits per heavy atom. The van der Waals surface area contributed by atoms with Crippen LogP contribution in [0.25, 0.3) is 0 Å². The number of oxazole rings is 1. The van der Waals surface area contributed by atoms with Crippen molar-refractivity contribution in [3.8, 4) is 0 Å². The molecule has 5 nitrogen and oxygen atoms in total. The molecule has 0 aromatic carbocycles. The van der Waals surface area contributed by atoms with Gasteiger partial charge in [0.15, 0.2) is 5.89 Å². The standard InChI is InChI=1S/C13H21N3O2/c1-3-9(2)16-12(17)11-8-15-13(18-11)10-4-6-14-7-5-10/h8-10,14H,3-7H2,1-2H3,(H,16,17). The first kappa shape index (κ1) is 13.1. The molecule has 5 heteroatoms. The quantitative estimate of drug-likeness (QED) is 0.854. The number of hydrogen-bond acceptors (Lipinski definition) is 4. The molecule has 0 radical (unpaired) electrons. The average molecular weight is 251 g/mol. The summed E-state index contributed by atoms with van der Waals surface area (Å²) in [5.41, 5.74) is 0. The zero-order valence-corrected chi connectivity index (χ0v) is 11.0. The topological polar surface area (TPSA) is 67.2 Å². The van der Waals surface area contributed by atoms with E-state index in [1.54, 1.807) is 0 Å². The van der Waals surface area contributed by atoms with Gasteiger partial charge >= 0.3 is 0 Å². The Labute approximate surface area is 107 Å². The van der Waals surface area contributed by atoms with Gasteiger partial charge in [-0.25, -0.2) is 4.98 Å². The monoisotopic (exact) mass is 251 g/mol. The number of nitrogens with one attached hydrogen (secondary N) is 2. The summed E-state index contributed by atoms with van der Waals surface area (Å²) in [7, 11) is 0. The van der Waals surface area contributed by atoms with Crippen LogP contribution in [0.4, 0.5) is 0 Å². The van der Waals surface area contributed by atoms with Crippen molar-refractivity contribution in [1.29, 1.82) is 0 Å². The second kappa shape index (κ2) is 6.00. The molecular weight excluding hydrogens is 230 g/mol. The van der Waals surface area contributed by atoms with E-state index < -0.39 is 0 Å². The first-order chi connectivity index (χ1) is 8.70. The molecule has 1 aromatic heterocycles. The van der Waals surface area contributed by atoms with Gasteiger partial charge in [-0.2, -0.15) is 0 Å². The Morgan fingerprint density at radius 1 is 1.61 bits per heavy atom. The third kappa shape index (κ3) is 3.10. The van der Waals surface area contributed by atoms with E-state index in [-0.39, 0.29) is 11.9 Å². The van der Waals surface area contributed by atoms with E-state index in [0.717, 1.165) is 32.4 Å². The Bertz CT molecular complexity index is 397. The van der Waals surface area contributed by atoms with Crippen LogP contribution in [-0.4, -0.2) is 30.0 Å². The first-order valence-electron chi connectivity index (χ1n) is 6.68. The van der Waals surface area contributed by atoms with Crippen LogP contribution < -0.4 is 10.6 Å². The minimum atomic E-state index is -0.169. The summed E-state index contributed by atoms with van der Waals surface area (Å²) in [5.74, 6) is 1.20. The highest BCUT2D eigenvalue weighted by Gasteiger charge is 2.22. The van der Waals surface area contributed by atoms with E-state index in [2.05, 4.69) is 15.6 Å². The lowest BCUT2D eigenvalue weighted by molar-refractivity contribution is 0.0908. The molecule has 1 aliphatic heterocycles. The Balaban J connectivity index is 1.98. The molecule has 1 unspecified atom stereocenters. The number of aromatic nitrogens is 1. The van der Waals surface area contributed by atoms with Crippen LogP contribution in [0, 0.1) is 0 Å². The zero-order valence-electron chi connectivity index (χ0n) is 11.0. The lowest BCUT2D eigenvalue weighted by atomic mass is 9.98. The van der Waals surface area contributed by atoms with Crippen LogP contribution in [-0.2, 0) is 0 Å². The fraction of sp³-hybridized carbons (Fsp3) is 0.692. The van der Waals surface area contributed by atoms with Crippen molar-refractivity contribution < 1.29 is 9.21 Å². The third-order valence-corrected chi connectivity index (χ3v) is 3.43. The summed E-state index contributed by atoms with van der Waals surface area (Å²) in [5, 5.41) is 6.18. The zero-order chi connectivity index (χ0) is 13.0. The lowest BCUT2D eigenvalue weighted by Crippen LogP contribution is -2.31. The minimum absolute atomic E-state index is 0.157. The van der Waals surface area contributed by atoms with Crippen LogP contribution >= 0.6 is 0 Å². The molecular formula is C13H21N3O2. The number of carbonyl (C=O) groups is 1. The van der Waals surface area contributed by atoms with Crippen molar-refractivity contribution in [2.24, 2.45) is 0 Å². The fourth-order valence-corrected chi connectivity index (χ4v) is 2.05. The number of rotatable bonds is 4. The summed E-state index contributed by atoms with van der Waals surface area (Å²) in [4.78, 5) is 16.1. The molecule has 0 saturated carbocycles. The van der Waals surface area contributed by atoms with E-state index in [1.165, 1.54) is 6.20 Å². The van der Waals surface area contributed by atoms with Crippen molar-refractivity contribution in [2.75, 3.05) is 13.1 Å². The van der Waals surface area contributed by atoms with Crippen molar-refractivity contribution >= 4 is 5.91 Å². The Hall–Kier alpha value is -1.36. The predicted octanol–water partition coefficient (Wildman–Crippen LogP) is 1.67. The van der Waals surface area contributed by atoms with E-state index >= 15 is 0 Å². The van der Waals surface area contributed by atoms with Crippen molar-refractivity contribution in [1.82, 2.24) is 15.6 Å². The molecule has 1 aromatic rings. The normalized spacial score (nSPS) is 18.6. The highest BCUT2D eigenvalue weighted by molar-refractivity contribution is 5.91. The Kier molecular flexibility index (Phi) is 4.36. The van der Waals surface area contributed by atoms with E-state index in [0.29, 0.717) is 17.6 Å². The number of carbonyl (C=O) groups excluding carboxylic acids is 1. The molecule has 1 amide bonds. The fourth-order valence-electron chi connectivity index (χ4n) is 2.05. The SMILES string of the molecule is CCC(C)NC(=O)c1cnc(C2CCNCC2)o1. The van der Waals surface area contributed by atoms with Crippen LogP contribution in [0.2, 0.25) is 0 Å². The number of amides is 1. The average Bonchev–Trinajstić information content (AvgIpc) is 2.89. The maximum Gasteiger partial charge on any atom is 0.288 e. The number of nitrogens with zero attached hydrogens (tertiary/aromatic N) is 1. The lowest BCUT2D eigenvalue weighted by Gasteiger charge is -2.19. The number of hydrogen-bond donors (Lipinski definition) is 2. The van der Waals surface area contributed by atoms with Gasteiger partial charge in [-0.3, -0.25) is 4.79 Å². The molecule has 1 fully saturated rings. The van der Waals surface area contributed by atoms with E-state index in [1.807, 2.05) is 13.8 Å². The van der Waals surface area contributed by atoms with Gasteiger partial charge in [0.1, 0.15) is 0 Å². The molecule has 100 valence electrons. The maximum absolute atomic E-state index is 11.9. The van der Waals surface area contributed by atoms with E-state index in [9.17, 15) is 4.79 Å². The summed E-state index contributed by atoms with van der Waals surface area (Å²) in [6, 6.07) is 0.157. The van der Waals surface area contributed by atoms with Crippen LogP contribution in [0.1, 0.15) is 55.5 Å². The summed E-state index contributed by atoms with van der Waals surface area (Å²) < 4.78 is 5.58. The molecule has 2 heterocycles. The van der Waals surface area contributed by atoms with Gasteiger partial charge in [0.25, 0.3) is 5.91 Å². The second-order valence-electron chi connectivity index (χ2n) is 4.87. The van der Waals surface area contributed by atoms with Gasteiger partial charge in [-0.05, 0) is 39.3 Å². The van der Waals surface area contributed by atoms with Gasteiger partial charge < -0.3 is 15.1 Å². The summed E-state index contributed by atoms with van der Waals surface area (Å²) in [6.07, 6.45) is 4.48. The van der Waals surface area contributed by atoms with Gasteiger partial charge in [-0.15, -0.1) is 0 Å². The molecule has 1 atom stereocenters. The van der Waals surface area contributed by atoms with Crippen molar-refractivity contribution in [2.45, 2.75) is 45.1 Å². The minimum Gasteiger partial charge on any atom is -0.435 e. The molecule has 2 N–H and O–H groups in total. The van der Waals surface area contributed by atoms with Gasteiger partial charge in [0, 0.05) is 12.0 Å². The molecule has 1 aliphatic rings. The van der Waals surface area contributed by atoms with Crippen LogP contribution in [0.3, 0.4) is 0 Å². The van der Waals surface area contributed by atoms with Gasteiger partial charge in [-0.1, -0.05) is 6.92 Å². The van der Waals surface area contributed by atoms with Crippen LogP contribution in [0.15, 0.2) is 10.6 Å². The highest BCUT2D eigenvalue weighted by Crippen LogP contribution is 2.24. The third-order valence-electron chi connectivity index (χ3n) is 3.43. The molecule has 0 aliphatic carbocycles. The van der Waals surface area contributed by atoms with Crippen LogP contribution in [0.5, 0.6) is 0 Å². The van der Waals surface area contributed by atoms with Gasteiger partial charge in [0.05, 0.1) is 6.20 Å². The second-order valence-corrected chi connectivity index (χ2v) is 4.87. The summed E-state index contributed by atoms with van der Waals surface area (Å²) >= 11 is 0. The highest BCUT2D eigenvalue weighted by atomic mass is 16.4. The Morgan fingerprint density at radius 2 is 2.33 bits per heavy atom. The molecule has 2 rings (SSSR count). The molecule has 18 heavy (non-hydrogen) atoms. The van der Waals surface area contributed by atoms with E-state index in [4.69, 9.17) is 4.42 Å². The maximum atomic E-state index is 11.9. The summed E-state index contributed by atoms with van der Waals surface area (Å²) in [6.45, 7) is 5.98. The molecule has 0 bridgehead atoms. The van der Waals surface area contributed by atoms with Gasteiger partial charge in [0.2, 0.25) is 5.76 Å².